The van der Waals surface area contributed by atoms with Crippen molar-refractivity contribution in [2.45, 2.75) is 6.61 Å². The number of aromatic nitrogens is 1. The first kappa shape index (κ1) is 17.4. The first-order chi connectivity index (χ1) is 13.0. The highest BCUT2D eigenvalue weighted by Gasteiger charge is 2.29. The van der Waals surface area contributed by atoms with E-state index in [1.54, 1.807) is 24.3 Å². The van der Waals surface area contributed by atoms with E-state index in [0.717, 1.165) is 5.56 Å². The number of methoxy groups -OCH3 is 2. The lowest BCUT2D eigenvalue weighted by molar-refractivity contribution is 0.0596. The second-order valence-electron chi connectivity index (χ2n) is 6.03. The Labute approximate surface area is 159 Å². The van der Waals surface area contributed by atoms with Gasteiger partial charge in [0.05, 0.1) is 19.9 Å². The molecule has 0 aliphatic carbocycles. The minimum Gasteiger partial charge on any atom is -0.497 e. The van der Waals surface area contributed by atoms with Crippen LogP contribution in [0.1, 0.15) is 16.1 Å². The van der Waals surface area contributed by atoms with Gasteiger partial charge in [0.1, 0.15) is 29.6 Å². The highest BCUT2D eigenvalue weighted by Crippen LogP contribution is 2.44. The number of halogens is 2. The molecule has 0 fully saturated rings. The molecule has 0 spiro atoms. The molecule has 0 bridgehead atoms. The number of carbonyl (C=O) groups is 1. The number of aromatic amines is 1. The number of carbonyl (C=O) groups excluding carboxylic acids is 1. The fourth-order valence-electron chi connectivity index (χ4n) is 3.28. The Morgan fingerprint density at radius 3 is 2.78 bits per heavy atom. The van der Waals surface area contributed by atoms with E-state index in [1.165, 1.54) is 26.4 Å². The van der Waals surface area contributed by atoms with Crippen molar-refractivity contribution in [1.82, 2.24) is 4.98 Å². The van der Waals surface area contributed by atoms with Gasteiger partial charge in [0.15, 0.2) is 0 Å². The van der Waals surface area contributed by atoms with Crippen molar-refractivity contribution in [1.29, 1.82) is 0 Å². The van der Waals surface area contributed by atoms with Crippen LogP contribution in [0.25, 0.3) is 22.4 Å². The van der Waals surface area contributed by atoms with Crippen molar-refractivity contribution in [3.63, 3.8) is 0 Å². The van der Waals surface area contributed by atoms with Crippen LogP contribution >= 0.6 is 11.6 Å². The molecule has 27 heavy (non-hydrogen) atoms. The molecule has 3 aromatic rings. The summed E-state index contributed by atoms with van der Waals surface area (Å²) in [5.74, 6) is 0.0524. The Hall–Kier alpha value is -2.99. The zero-order valence-electron chi connectivity index (χ0n) is 14.6. The average molecular weight is 388 g/mol. The van der Waals surface area contributed by atoms with Crippen LogP contribution in [0.5, 0.6) is 11.5 Å². The van der Waals surface area contributed by atoms with E-state index in [0.29, 0.717) is 38.9 Å². The summed E-state index contributed by atoms with van der Waals surface area (Å²) in [6.45, 7) is 0.170. The van der Waals surface area contributed by atoms with Gasteiger partial charge in [0, 0.05) is 27.8 Å². The molecule has 1 aromatic heterocycles. The Morgan fingerprint density at radius 2 is 2.04 bits per heavy atom. The summed E-state index contributed by atoms with van der Waals surface area (Å²) in [6, 6.07) is 9.47. The lowest BCUT2D eigenvalue weighted by Gasteiger charge is -2.19. The van der Waals surface area contributed by atoms with Crippen molar-refractivity contribution < 1.29 is 23.4 Å². The summed E-state index contributed by atoms with van der Waals surface area (Å²) < 4.78 is 29.5. The van der Waals surface area contributed by atoms with Gasteiger partial charge in [-0.2, -0.15) is 0 Å². The summed E-state index contributed by atoms with van der Waals surface area (Å²) in [7, 11) is 2.85. The highest BCUT2D eigenvalue weighted by molar-refractivity contribution is 6.31. The molecule has 138 valence electrons. The minimum absolute atomic E-state index is 0.170. The normalized spacial score (nSPS) is 12.0. The molecule has 1 aliphatic heterocycles. The molecular weight excluding hydrogens is 373 g/mol. The van der Waals surface area contributed by atoms with E-state index in [2.05, 4.69) is 4.98 Å². The minimum atomic E-state index is -0.526. The van der Waals surface area contributed by atoms with E-state index in [4.69, 9.17) is 25.8 Å². The lowest BCUT2D eigenvalue weighted by Crippen LogP contribution is -2.06. The summed E-state index contributed by atoms with van der Waals surface area (Å²) >= 11 is 6.21. The van der Waals surface area contributed by atoms with Gasteiger partial charge >= 0.3 is 5.97 Å². The molecule has 2 aromatic carbocycles. The molecule has 1 N–H and O–H groups in total. The summed E-state index contributed by atoms with van der Waals surface area (Å²) in [5, 5.41) is 0.467. The Balaban J connectivity index is 1.99. The molecule has 0 saturated carbocycles. The van der Waals surface area contributed by atoms with Gasteiger partial charge in [-0.25, -0.2) is 9.18 Å². The van der Waals surface area contributed by atoms with Gasteiger partial charge in [0.25, 0.3) is 0 Å². The maximum absolute atomic E-state index is 13.5. The van der Waals surface area contributed by atoms with Crippen LogP contribution in [0.3, 0.4) is 0 Å². The molecular formula is C20H15ClFNO4. The molecule has 7 heteroatoms. The molecule has 5 nitrogen and oxygen atoms in total. The first-order valence-corrected chi connectivity index (χ1v) is 8.50. The third kappa shape index (κ3) is 2.92. The van der Waals surface area contributed by atoms with Gasteiger partial charge in [-0.3, -0.25) is 0 Å². The Kier molecular flexibility index (Phi) is 4.28. The predicted octanol–water partition coefficient (Wildman–Crippen LogP) is 4.83. The van der Waals surface area contributed by atoms with Crippen LogP contribution in [-0.2, 0) is 11.3 Å². The molecule has 1 aliphatic rings. The summed E-state index contributed by atoms with van der Waals surface area (Å²) in [4.78, 5) is 15.5. The van der Waals surface area contributed by atoms with Crippen LogP contribution in [0.15, 0.2) is 36.4 Å². The maximum atomic E-state index is 13.5. The third-order valence-electron chi connectivity index (χ3n) is 4.47. The maximum Gasteiger partial charge on any atom is 0.355 e. The lowest BCUT2D eigenvalue weighted by atomic mass is 9.96. The van der Waals surface area contributed by atoms with Crippen LogP contribution in [0.2, 0.25) is 5.02 Å². The molecule has 0 atom stereocenters. The Morgan fingerprint density at radius 1 is 1.22 bits per heavy atom. The number of rotatable bonds is 3. The van der Waals surface area contributed by atoms with Crippen molar-refractivity contribution in [2.75, 3.05) is 14.2 Å². The first-order valence-electron chi connectivity index (χ1n) is 8.12. The van der Waals surface area contributed by atoms with Gasteiger partial charge in [-0.1, -0.05) is 11.6 Å². The van der Waals surface area contributed by atoms with Crippen molar-refractivity contribution in [3.05, 3.63) is 58.5 Å². The molecule has 0 radical (unpaired) electrons. The van der Waals surface area contributed by atoms with Crippen LogP contribution in [0, 0.1) is 5.82 Å². The van der Waals surface area contributed by atoms with E-state index in [-0.39, 0.29) is 12.3 Å². The highest BCUT2D eigenvalue weighted by atomic mass is 35.5. The van der Waals surface area contributed by atoms with Gasteiger partial charge in [-0.15, -0.1) is 0 Å². The number of nitrogens with one attached hydrogen (secondary N) is 1. The number of hydrogen-bond acceptors (Lipinski definition) is 4. The molecule has 0 unspecified atom stereocenters. The quantitative estimate of drug-likeness (QED) is 0.654. The number of benzene rings is 2. The molecule has 0 amide bonds. The van der Waals surface area contributed by atoms with Gasteiger partial charge in [0.2, 0.25) is 0 Å². The topological polar surface area (TPSA) is 60.6 Å². The zero-order valence-corrected chi connectivity index (χ0v) is 15.3. The number of hydrogen-bond donors (Lipinski definition) is 1. The standard InChI is InChI=1S/C20H15ClFNO4/c1-25-13-6-10(5-11(21)7-13)17-15-9-27-16-8-12(22)3-4-14(16)18(15)23-19(17)20(24)26-2/h3-8,23H,9H2,1-2H3. The second kappa shape index (κ2) is 6.63. The smallest absolute Gasteiger partial charge is 0.355 e. The number of ether oxygens (including phenoxy) is 3. The van der Waals surface area contributed by atoms with Gasteiger partial charge in [-0.05, 0) is 35.9 Å². The molecule has 4 rings (SSSR count). The van der Waals surface area contributed by atoms with E-state index in [9.17, 15) is 9.18 Å². The second-order valence-corrected chi connectivity index (χ2v) is 6.47. The van der Waals surface area contributed by atoms with E-state index < -0.39 is 11.8 Å². The third-order valence-corrected chi connectivity index (χ3v) is 4.69. The summed E-state index contributed by atoms with van der Waals surface area (Å²) in [5.41, 5.74) is 3.69. The van der Waals surface area contributed by atoms with Crippen molar-refractivity contribution in [3.8, 4) is 33.9 Å². The molecule has 2 heterocycles. The largest absolute Gasteiger partial charge is 0.497 e. The fourth-order valence-corrected chi connectivity index (χ4v) is 3.51. The monoisotopic (exact) mass is 387 g/mol. The Bertz CT molecular complexity index is 1060. The van der Waals surface area contributed by atoms with Crippen LogP contribution in [0.4, 0.5) is 4.39 Å². The molecule has 0 saturated heterocycles. The van der Waals surface area contributed by atoms with Crippen LogP contribution in [-0.4, -0.2) is 25.2 Å². The summed E-state index contributed by atoms with van der Waals surface area (Å²) in [6.07, 6.45) is 0. The van der Waals surface area contributed by atoms with Gasteiger partial charge < -0.3 is 19.2 Å². The van der Waals surface area contributed by atoms with E-state index >= 15 is 0 Å². The number of fused-ring (bicyclic) bond motifs is 3. The van der Waals surface area contributed by atoms with Crippen LogP contribution < -0.4 is 9.47 Å². The number of esters is 1. The number of H-pyrrole nitrogens is 1. The zero-order chi connectivity index (χ0) is 19.1. The predicted molar refractivity (Wildman–Crippen MR) is 98.9 cm³/mol. The van der Waals surface area contributed by atoms with Crippen molar-refractivity contribution >= 4 is 17.6 Å². The van der Waals surface area contributed by atoms with Crippen molar-refractivity contribution in [2.24, 2.45) is 0 Å². The average Bonchev–Trinajstić information content (AvgIpc) is 3.06. The fraction of sp³-hybridized carbons (Fsp3) is 0.150. The SMILES string of the molecule is COC(=O)c1[nH]c2c(c1-c1cc(Cl)cc(OC)c1)COc1cc(F)ccc1-2. The van der Waals surface area contributed by atoms with E-state index in [1.807, 2.05) is 0 Å².